The summed E-state index contributed by atoms with van der Waals surface area (Å²) < 4.78 is 6.06. The lowest BCUT2D eigenvalue weighted by Gasteiger charge is -2.51. The van der Waals surface area contributed by atoms with Gasteiger partial charge in [0.25, 0.3) is 0 Å². The Hall–Kier alpha value is -0.120. The molecule has 0 bridgehead atoms. The third-order valence-electron chi connectivity index (χ3n) is 5.75. The van der Waals surface area contributed by atoms with Crippen LogP contribution in [0.5, 0.6) is 0 Å². The highest BCUT2D eigenvalue weighted by atomic mass is 16.5. The third-order valence-corrected chi connectivity index (χ3v) is 5.75. The summed E-state index contributed by atoms with van der Waals surface area (Å²) in [7, 11) is 0. The number of hydrogen-bond acceptors (Lipinski definition) is 3. The summed E-state index contributed by atoms with van der Waals surface area (Å²) in [5.74, 6) is 0.889. The van der Waals surface area contributed by atoms with Gasteiger partial charge in [-0.05, 0) is 44.6 Å². The quantitative estimate of drug-likeness (QED) is 0.860. The second kappa shape index (κ2) is 6.76. The van der Waals surface area contributed by atoms with E-state index in [-0.39, 0.29) is 0 Å². The van der Waals surface area contributed by atoms with Crippen LogP contribution in [0.1, 0.15) is 58.8 Å². The lowest BCUT2D eigenvalue weighted by atomic mass is 9.80. The van der Waals surface area contributed by atoms with Crippen LogP contribution in [0.25, 0.3) is 0 Å². The molecule has 2 saturated carbocycles. The highest BCUT2D eigenvalue weighted by Crippen LogP contribution is 2.35. The summed E-state index contributed by atoms with van der Waals surface area (Å²) in [6, 6.07) is 2.15. The molecule has 5 unspecified atom stereocenters. The maximum absolute atomic E-state index is 6.06. The van der Waals surface area contributed by atoms with E-state index in [4.69, 9.17) is 4.74 Å². The first-order valence-electron chi connectivity index (χ1n) is 8.90. The zero-order valence-corrected chi connectivity index (χ0v) is 13.3. The Bertz CT molecular complexity index is 307. The van der Waals surface area contributed by atoms with Crippen LogP contribution in [0.4, 0.5) is 0 Å². The number of likely N-dealkylation sites (N-methyl/N-ethyl adjacent to an activating group) is 1. The van der Waals surface area contributed by atoms with Gasteiger partial charge in [0.2, 0.25) is 0 Å². The Kier molecular flexibility index (Phi) is 5.00. The number of rotatable bonds is 3. The number of ether oxygens (including phenoxy) is 1. The Morgan fingerprint density at radius 3 is 2.80 bits per heavy atom. The lowest BCUT2D eigenvalue weighted by Crippen LogP contribution is -2.62. The van der Waals surface area contributed by atoms with E-state index in [1.54, 1.807) is 0 Å². The zero-order valence-electron chi connectivity index (χ0n) is 13.3. The summed E-state index contributed by atoms with van der Waals surface area (Å²) in [5, 5.41) is 3.77. The molecule has 0 aromatic carbocycles. The van der Waals surface area contributed by atoms with Crippen molar-refractivity contribution in [3.63, 3.8) is 0 Å². The first-order valence-corrected chi connectivity index (χ1v) is 8.90. The van der Waals surface area contributed by atoms with Crippen LogP contribution in [0.3, 0.4) is 0 Å². The summed E-state index contributed by atoms with van der Waals surface area (Å²) in [6.45, 7) is 7.89. The van der Waals surface area contributed by atoms with Crippen molar-refractivity contribution in [1.82, 2.24) is 10.2 Å². The van der Waals surface area contributed by atoms with Crippen LogP contribution in [0.15, 0.2) is 0 Å². The average molecular weight is 280 g/mol. The molecular formula is C17H32N2O. The molecule has 3 nitrogen and oxygen atoms in total. The number of nitrogens with one attached hydrogen (secondary N) is 1. The fourth-order valence-corrected chi connectivity index (χ4v) is 4.76. The zero-order chi connectivity index (χ0) is 13.9. The largest absolute Gasteiger partial charge is 0.375 e. The van der Waals surface area contributed by atoms with Gasteiger partial charge in [-0.25, -0.2) is 0 Å². The Labute approximate surface area is 124 Å². The fourth-order valence-electron chi connectivity index (χ4n) is 4.76. The van der Waals surface area contributed by atoms with Gasteiger partial charge in [0.05, 0.1) is 12.7 Å². The summed E-state index contributed by atoms with van der Waals surface area (Å²) in [6.07, 6.45) is 10.1. The van der Waals surface area contributed by atoms with Crippen molar-refractivity contribution in [2.45, 2.75) is 83.0 Å². The van der Waals surface area contributed by atoms with Gasteiger partial charge in [0, 0.05) is 24.7 Å². The van der Waals surface area contributed by atoms with Crippen LogP contribution >= 0.6 is 0 Å². The topological polar surface area (TPSA) is 24.5 Å². The van der Waals surface area contributed by atoms with E-state index < -0.39 is 0 Å². The molecule has 20 heavy (non-hydrogen) atoms. The van der Waals surface area contributed by atoms with Gasteiger partial charge in [-0.2, -0.15) is 0 Å². The molecule has 3 rings (SSSR count). The number of morpholine rings is 1. The molecule has 1 heterocycles. The summed E-state index contributed by atoms with van der Waals surface area (Å²) >= 11 is 0. The highest BCUT2D eigenvalue weighted by molar-refractivity contribution is 4.97. The van der Waals surface area contributed by atoms with E-state index in [0.29, 0.717) is 18.2 Å². The number of fused-ring (bicyclic) bond motifs is 1. The van der Waals surface area contributed by atoms with Gasteiger partial charge in [-0.1, -0.05) is 26.7 Å². The van der Waals surface area contributed by atoms with Crippen molar-refractivity contribution in [3.05, 3.63) is 0 Å². The van der Waals surface area contributed by atoms with Crippen LogP contribution in [0.2, 0.25) is 0 Å². The van der Waals surface area contributed by atoms with Crippen molar-refractivity contribution in [2.75, 3.05) is 19.7 Å². The first kappa shape index (κ1) is 14.8. The minimum absolute atomic E-state index is 0.525. The van der Waals surface area contributed by atoms with E-state index in [2.05, 4.69) is 24.1 Å². The molecule has 1 aliphatic heterocycles. The molecule has 0 amide bonds. The number of hydrogen-bond donors (Lipinski definition) is 1. The van der Waals surface area contributed by atoms with Gasteiger partial charge in [0.1, 0.15) is 0 Å². The van der Waals surface area contributed by atoms with Crippen molar-refractivity contribution in [3.8, 4) is 0 Å². The highest BCUT2D eigenvalue weighted by Gasteiger charge is 2.41. The second-order valence-electron chi connectivity index (χ2n) is 7.15. The van der Waals surface area contributed by atoms with Gasteiger partial charge in [-0.15, -0.1) is 0 Å². The van der Waals surface area contributed by atoms with Gasteiger partial charge in [0.15, 0.2) is 0 Å². The van der Waals surface area contributed by atoms with Crippen LogP contribution in [-0.2, 0) is 4.74 Å². The van der Waals surface area contributed by atoms with E-state index in [9.17, 15) is 0 Å². The molecule has 3 fully saturated rings. The maximum Gasteiger partial charge on any atom is 0.0731 e. The fraction of sp³-hybridized carbons (Fsp3) is 1.00. The predicted molar refractivity (Wildman–Crippen MR) is 83.0 cm³/mol. The van der Waals surface area contributed by atoms with Gasteiger partial charge < -0.3 is 10.1 Å². The molecule has 2 aliphatic carbocycles. The Morgan fingerprint density at radius 2 is 1.95 bits per heavy atom. The molecule has 5 atom stereocenters. The van der Waals surface area contributed by atoms with Crippen LogP contribution in [0, 0.1) is 5.92 Å². The van der Waals surface area contributed by atoms with E-state index >= 15 is 0 Å². The number of nitrogens with zero attached hydrogens (tertiary/aromatic N) is 1. The first-order chi connectivity index (χ1) is 9.79. The van der Waals surface area contributed by atoms with E-state index in [1.165, 1.54) is 44.9 Å². The molecule has 1 saturated heterocycles. The smallest absolute Gasteiger partial charge is 0.0731 e. The molecule has 1 N–H and O–H groups in total. The van der Waals surface area contributed by atoms with Crippen LogP contribution in [-0.4, -0.2) is 48.8 Å². The molecule has 3 aliphatic rings. The SMILES string of the molecule is CCNC1CCC(C)CC1N1CCOC2CCCCC21. The predicted octanol–water partition coefficient (Wildman–Crippen LogP) is 2.80. The Morgan fingerprint density at radius 1 is 1.10 bits per heavy atom. The minimum atomic E-state index is 0.525. The van der Waals surface area contributed by atoms with Crippen molar-refractivity contribution in [2.24, 2.45) is 5.92 Å². The lowest BCUT2D eigenvalue weighted by molar-refractivity contribution is -0.112. The van der Waals surface area contributed by atoms with Gasteiger partial charge in [-0.3, -0.25) is 4.90 Å². The monoisotopic (exact) mass is 280 g/mol. The molecular weight excluding hydrogens is 248 g/mol. The average Bonchev–Trinajstić information content (AvgIpc) is 2.49. The summed E-state index contributed by atoms with van der Waals surface area (Å²) in [4.78, 5) is 2.84. The third kappa shape index (κ3) is 3.05. The minimum Gasteiger partial charge on any atom is -0.375 e. The molecule has 116 valence electrons. The molecule has 0 aromatic rings. The molecule has 0 aromatic heterocycles. The van der Waals surface area contributed by atoms with Crippen molar-refractivity contribution < 1.29 is 4.74 Å². The normalized spacial score (nSPS) is 43.2. The van der Waals surface area contributed by atoms with E-state index in [1.807, 2.05) is 0 Å². The molecule has 0 spiro atoms. The van der Waals surface area contributed by atoms with Crippen molar-refractivity contribution in [1.29, 1.82) is 0 Å². The van der Waals surface area contributed by atoms with Crippen LogP contribution < -0.4 is 5.32 Å². The summed E-state index contributed by atoms with van der Waals surface area (Å²) in [5.41, 5.74) is 0. The standard InChI is InChI=1S/C17H32N2O/c1-3-18-14-9-8-13(2)12-16(14)19-10-11-20-17-7-5-4-6-15(17)19/h13-18H,3-12H2,1-2H3. The maximum atomic E-state index is 6.06. The second-order valence-corrected chi connectivity index (χ2v) is 7.15. The Balaban J connectivity index is 1.73. The van der Waals surface area contributed by atoms with Crippen molar-refractivity contribution >= 4 is 0 Å². The molecule has 0 radical (unpaired) electrons. The van der Waals surface area contributed by atoms with E-state index in [0.717, 1.165) is 31.7 Å². The molecule has 3 heteroatoms. The van der Waals surface area contributed by atoms with Gasteiger partial charge >= 0.3 is 0 Å².